The Kier molecular flexibility index (Phi) is 2.85. The molecule has 0 saturated carbocycles. The summed E-state index contributed by atoms with van der Waals surface area (Å²) in [5, 5.41) is 2.66. The van der Waals surface area contributed by atoms with Crippen LogP contribution in [0.1, 0.15) is 0 Å². The second-order valence-electron chi connectivity index (χ2n) is 2.60. The lowest BCUT2D eigenvalue weighted by atomic mass is 10.2. The molecule has 14 heavy (non-hydrogen) atoms. The van der Waals surface area contributed by atoms with Crippen LogP contribution in [0.3, 0.4) is 0 Å². The topological polar surface area (TPSA) is 12.9 Å². The molecule has 0 aliphatic heterocycles. The number of rotatable bonds is 1. The van der Waals surface area contributed by atoms with Crippen LogP contribution in [0.15, 0.2) is 28.1 Å². The van der Waals surface area contributed by atoms with Crippen molar-refractivity contribution in [3.8, 4) is 10.6 Å². The average molecular weight is 293 g/mol. The van der Waals surface area contributed by atoms with Gasteiger partial charge in [-0.05, 0) is 18.2 Å². The Morgan fingerprint density at radius 3 is 2.86 bits per heavy atom. The minimum absolute atomic E-state index is 0.292. The maximum atomic E-state index is 13.4. The molecular weight excluding hydrogens is 289 g/mol. The molecule has 1 aromatic heterocycles. The van der Waals surface area contributed by atoms with Gasteiger partial charge in [0.1, 0.15) is 16.0 Å². The van der Waals surface area contributed by atoms with Gasteiger partial charge < -0.3 is 0 Å². The van der Waals surface area contributed by atoms with Gasteiger partial charge in [-0.3, -0.25) is 0 Å². The van der Waals surface area contributed by atoms with Crippen LogP contribution in [0, 0.1) is 5.82 Å². The Balaban J connectivity index is 2.55. The summed E-state index contributed by atoms with van der Waals surface area (Å²) in [6, 6.07) is 4.73. The number of benzene rings is 1. The monoisotopic (exact) mass is 291 g/mol. The van der Waals surface area contributed by atoms with Crippen LogP contribution >= 0.6 is 38.9 Å². The lowest BCUT2D eigenvalue weighted by Gasteiger charge is -1.98. The number of thiazole rings is 1. The van der Waals surface area contributed by atoms with Gasteiger partial charge >= 0.3 is 0 Å². The summed E-state index contributed by atoms with van der Waals surface area (Å²) in [5.74, 6) is -0.292. The van der Waals surface area contributed by atoms with Crippen molar-refractivity contribution in [3.05, 3.63) is 39.0 Å². The molecule has 0 fully saturated rings. The van der Waals surface area contributed by atoms with Crippen molar-refractivity contribution in [3.63, 3.8) is 0 Å². The molecule has 2 aromatic rings. The molecule has 1 aromatic carbocycles. The Labute approximate surface area is 97.7 Å². The summed E-state index contributed by atoms with van der Waals surface area (Å²) < 4.78 is 14.2. The van der Waals surface area contributed by atoms with Gasteiger partial charge in [0.25, 0.3) is 0 Å². The molecule has 0 saturated heterocycles. The number of hydrogen-bond donors (Lipinski definition) is 0. The quantitative estimate of drug-likeness (QED) is 0.761. The zero-order valence-corrected chi connectivity index (χ0v) is 9.96. The first-order chi connectivity index (χ1) is 6.66. The van der Waals surface area contributed by atoms with Crippen molar-refractivity contribution < 1.29 is 4.39 Å². The molecule has 0 radical (unpaired) electrons. The molecule has 0 aliphatic rings. The van der Waals surface area contributed by atoms with E-state index in [4.69, 9.17) is 11.6 Å². The van der Waals surface area contributed by atoms with E-state index in [1.54, 1.807) is 17.5 Å². The third-order valence-corrected chi connectivity index (χ3v) is 3.33. The molecule has 0 spiro atoms. The van der Waals surface area contributed by atoms with Gasteiger partial charge in [-0.2, -0.15) is 0 Å². The molecular formula is C9H4BrClFNS. The van der Waals surface area contributed by atoms with Gasteiger partial charge in [0.05, 0.1) is 0 Å². The summed E-state index contributed by atoms with van der Waals surface area (Å²) >= 11 is 10.3. The molecule has 0 atom stereocenters. The minimum atomic E-state index is -0.292. The van der Waals surface area contributed by atoms with Crippen molar-refractivity contribution in [1.29, 1.82) is 0 Å². The molecule has 2 rings (SSSR count). The second kappa shape index (κ2) is 3.96. The smallest absolute Gasteiger partial charge is 0.140 e. The standard InChI is InChI=1S/C9H4BrClFNS/c10-5-1-2-7(12)6(3-5)9-13-8(11)4-14-9/h1-4H. The molecule has 1 nitrogen and oxygen atoms in total. The molecule has 5 heteroatoms. The summed E-state index contributed by atoms with van der Waals surface area (Å²) in [5.41, 5.74) is 0.469. The van der Waals surface area contributed by atoms with E-state index >= 15 is 0 Å². The normalized spacial score (nSPS) is 10.5. The van der Waals surface area contributed by atoms with Crippen molar-refractivity contribution in [1.82, 2.24) is 4.98 Å². The predicted octanol–water partition coefficient (Wildman–Crippen LogP) is 4.37. The summed E-state index contributed by atoms with van der Waals surface area (Å²) in [7, 11) is 0. The molecule has 0 amide bonds. The summed E-state index contributed by atoms with van der Waals surface area (Å²) in [6.07, 6.45) is 0. The van der Waals surface area contributed by atoms with Gasteiger partial charge in [-0.1, -0.05) is 27.5 Å². The van der Waals surface area contributed by atoms with E-state index in [1.807, 2.05) is 0 Å². The molecule has 1 heterocycles. The number of hydrogen-bond acceptors (Lipinski definition) is 2. The van der Waals surface area contributed by atoms with Gasteiger partial charge in [-0.15, -0.1) is 11.3 Å². The first kappa shape index (κ1) is 10.1. The number of halogens is 3. The first-order valence-corrected chi connectivity index (χ1v) is 5.78. The molecule has 0 unspecified atom stereocenters. The van der Waals surface area contributed by atoms with Crippen molar-refractivity contribution in [2.24, 2.45) is 0 Å². The zero-order valence-electron chi connectivity index (χ0n) is 6.80. The van der Waals surface area contributed by atoms with Crippen LogP contribution in [0.4, 0.5) is 4.39 Å². The van der Waals surface area contributed by atoms with E-state index in [-0.39, 0.29) is 5.82 Å². The van der Waals surface area contributed by atoms with Crippen LogP contribution in [0.25, 0.3) is 10.6 Å². The first-order valence-electron chi connectivity index (χ1n) is 3.73. The van der Waals surface area contributed by atoms with E-state index in [9.17, 15) is 4.39 Å². The van der Waals surface area contributed by atoms with Crippen LogP contribution in [0.5, 0.6) is 0 Å². The Morgan fingerprint density at radius 1 is 1.43 bits per heavy atom. The maximum Gasteiger partial charge on any atom is 0.140 e. The highest BCUT2D eigenvalue weighted by Crippen LogP contribution is 2.29. The largest absolute Gasteiger partial charge is 0.224 e. The lowest BCUT2D eigenvalue weighted by molar-refractivity contribution is 0.631. The molecule has 0 bridgehead atoms. The second-order valence-corrected chi connectivity index (χ2v) is 4.76. The number of aromatic nitrogens is 1. The molecule has 72 valence electrons. The SMILES string of the molecule is Fc1ccc(Br)cc1-c1nc(Cl)cs1. The number of nitrogens with zero attached hydrogens (tertiary/aromatic N) is 1. The molecule has 0 aliphatic carbocycles. The predicted molar refractivity (Wildman–Crippen MR) is 60.2 cm³/mol. The Morgan fingerprint density at radius 2 is 2.21 bits per heavy atom. The van der Waals surface area contributed by atoms with Crippen LogP contribution < -0.4 is 0 Å². The van der Waals surface area contributed by atoms with Crippen molar-refractivity contribution in [2.45, 2.75) is 0 Å². The average Bonchev–Trinajstić information content (AvgIpc) is 2.56. The van der Waals surface area contributed by atoms with E-state index < -0.39 is 0 Å². The van der Waals surface area contributed by atoms with Crippen LogP contribution in [-0.4, -0.2) is 4.98 Å². The summed E-state index contributed by atoms with van der Waals surface area (Å²) in [4.78, 5) is 4.01. The highest BCUT2D eigenvalue weighted by atomic mass is 79.9. The minimum Gasteiger partial charge on any atom is -0.224 e. The highest BCUT2D eigenvalue weighted by Gasteiger charge is 2.09. The van der Waals surface area contributed by atoms with E-state index in [0.717, 1.165) is 4.47 Å². The van der Waals surface area contributed by atoms with Gasteiger partial charge in [0.2, 0.25) is 0 Å². The van der Waals surface area contributed by atoms with E-state index in [1.165, 1.54) is 17.4 Å². The third-order valence-electron chi connectivity index (χ3n) is 1.63. The van der Waals surface area contributed by atoms with Gasteiger partial charge in [0.15, 0.2) is 0 Å². The van der Waals surface area contributed by atoms with Crippen molar-refractivity contribution >= 4 is 38.9 Å². The maximum absolute atomic E-state index is 13.4. The fourth-order valence-electron chi connectivity index (χ4n) is 1.04. The fourth-order valence-corrected chi connectivity index (χ4v) is 2.36. The van der Waals surface area contributed by atoms with E-state index in [2.05, 4.69) is 20.9 Å². The summed E-state index contributed by atoms with van der Waals surface area (Å²) in [6.45, 7) is 0. The Bertz CT molecular complexity index is 472. The zero-order chi connectivity index (χ0) is 10.1. The molecule has 0 N–H and O–H groups in total. The fraction of sp³-hybridized carbons (Fsp3) is 0. The van der Waals surface area contributed by atoms with Crippen molar-refractivity contribution in [2.75, 3.05) is 0 Å². The third kappa shape index (κ3) is 1.97. The van der Waals surface area contributed by atoms with Crippen LogP contribution in [0.2, 0.25) is 5.15 Å². The Hall–Kier alpha value is -0.450. The van der Waals surface area contributed by atoms with Gasteiger partial charge in [-0.25, -0.2) is 9.37 Å². The van der Waals surface area contributed by atoms with E-state index in [0.29, 0.717) is 15.7 Å². The lowest BCUT2D eigenvalue weighted by Crippen LogP contribution is -1.82. The van der Waals surface area contributed by atoms with Crippen LogP contribution in [-0.2, 0) is 0 Å². The van der Waals surface area contributed by atoms with Gasteiger partial charge in [0, 0.05) is 15.4 Å². The highest BCUT2D eigenvalue weighted by molar-refractivity contribution is 9.10.